The van der Waals surface area contributed by atoms with Gasteiger partial charge >= 0.3 is 12.4 Å². The van der Waals surface area contributed by atoms with Crippen LogP contribution in [0.3, 0.4) is 0 Å². The summed E-state index contributed by atoms with van der Waals surface area (Å²) >= 11 is 0. The van der Waals surface area contributed by atoms with E-state index in [9.17, 15) is 31.1 Å². The van der Waals surface area contributed by atoms with Gasteiger partial charge in [0, 0.05) is 5.41 Å². The van der Waals surface area contributed by atoms with Gasteiger partial charge in [-0.25, -0.2) is 0 Å². The molecule has 1 aromatic carbocycles. The summed E-state index contributed by atoms with van der Waals surface area (Å²) in [5.41, 5.74) is -1.000. The third-order valence-electron chi connectivity index (χ3n) is 7.62. The van der Waals surface area contributed by atoms with E-state index in [1.807, 2.05) is 5.32 Å². The van der Waals surface area contributed by atoms with Crippen LogP contribution >= 0.6 is 0 Å². The van der Waals surface area contributed by atoms with Gasteiger partial charge in [0.25, 0.3) is 0 Å². The molecule has 5 rings (SSSR count). The van der Waals surface area contributed by atoms with Crippen molar-refractivity contribution in [3.8, 4) is 5.75 Å². The first-order valence-electron chi connectivity index (χ1n) is 11.0. The zero-order valence-corrected chi connectivity index (χ0v) is 17.7. The molecule has 9 heteroatoms. The summed E-state index contributed by atoms with van der Waals surface area (Å²) in [6, 6.07) is 3.41. The van der Waals surface area contributed by atoms with Crippen LogP contribution in [0, 0.1) is 29.1 Å². The SMILES string of the molecule is COc1ccc(CC(C(=O)NC(C(F)(F)F)C23CC4CC(CC(C4)C2)C3)C(F)(F)F)cc1. The molecule has 0 radical (unpaired) electrons. The summed E-state index contributed by atoms with van der Waals surface area (Å²) < 4.78 is 88.7. The summed E-state index contributed by atoms with van der Waals surface area (Å²) in [5.74, 6) is -3.23. The van der Waals surface area contributed by atoms with Gasteiger partial charge in [-0.05, 0) is 80.4 Å². The van der Waals surface area contributed by atoms with Crippen LogP contribution in [-0.2, 0) is 11.2 Å². The molecule has 2 atom stereocenters. The van der Waals surface area contributed by atoms with Gasteiger partial charge in [-0.1, -0.05) is 12.1 Å². The molecule has 1 aromatic rings. The number of hydrogen-bond donors (Lipinski definition) is 1. The van der Waals surface area contributed by atoms with Crippen LogP contribution in [0.1, 0.15) is 44.1 Å². The van der Waals surface area contributed by atoms with Crippen LogP contribution in [0.15, 0.2) is 24.3 Å². The number of halogens is 6. The average Bonchev–Trinajstić information content (AvgIpc) is 2.67. The Kier molecular flexibility index (Phi) is 5.91. The van der Waals surface area contributed by atoms with Gasteiger partial charge in [-0.15, -0.1) is 0 Å². The Morgan fingerprint density at radius 2 is 1.47 bits per heavy atom. The molecule has 0 aliphatic heterocycles. The number of nitrogens with one attached hydrogen (secondary N) is 1. The normalized spacial score (nSPS) is 31.3. The van der Waals surface area contributed by atoms with Gasteiger partial charge in [0.2, 0.25) is 5.91 Å². The summed E-state index contributed by atoms with van der Waals surface area (Å²) in [7, 11) is 1.41. The fraction of sp³-hybridized carbons (Fsp3) is 0.696. The number of alkyl halides is 6. The Morgan fingerprint density at radius 3 is 1.88 bits per heavy atom. The predicted octanol–water partition coefficient (Wildman–Crippen LogP) is 5.68. The average molecular weight is 463 g/mol. The molecule has 178 valence electrons. The monoisotopic (exact) mass is 463 g/mol. The van der Waals surface area contributed by atoms with E-state index in [0.29, 0.717) is 25.0 Å². The number of methoxy groups -OCH3 is 1. The topological polar surface area (TPSA) is 38.3 Å². The quantitative estimate of drug-likeness (QED) is 0.552. The minimum Gasteiger partial charge on any atom is -0.497 e. The standard InChI is InChI=1S/C23H27F6NO2/c1-32-17-4-2-13(3-5-17)9-18(22(24,25)26)19(31)30-20(23(27,28)29)21-10-14-6-15(11-21)8-16(7-14)12-21/h2-5,14-16,18,20H,6-12H2,1H3,(H,30,31). The summed E-state index contributed by atoms with van der Waals surface area (Å²) in [5, 5.41) is 1.85. The highest BCUT2D eigenvalue weighted by atomic mass is 19.4. The lowest BCUT2D eigenvalue weighted by Gasteiger charge is -2.59. The van der Waals surface area contributed by atoms with Crippen molar-refractivity contribution in [3.63, 3.8) is 0 Å². The van der Waals surface area contributed by atoms with E-state index in [1.165, 1.54) is 31.4 Å². The van der Waals surface area contributed by atoms with Crippen LogP contribution < -0.4 is 10.1 Å². The molecule has 1 amide bonds. The highest BCUT2D eigenvalue weighted by molar-refractivity contribution is 5.80. The Labute approximate surface area is 182 Å². The van der Waals surface area contributed by atoms with Gasteiger partial charge in [0.05, 0.1) is 7.11 Å². The minimum absolute atomic E-state index is 0.167. The molecule has 32 heavy (non-hydrogen) atoms. The number of hydrogen-bond acceptors (Lipinski definition) is 2. The molecule has 3 nitrogen and oxygen atoms in total. The molecule has 4 bridgehead atoms. The lowest BCUT2D eigenvalue weighted by Crippen LogP contribution is -2.63. The second kappa shape index (κ2) is 8.13. The van der Waals surface area contributed by atoms with Gasteiger partial charge < -0.3 is 10.1 Å². The van der Waals surface area contributed by atoms with Crippen LogP contribution in [0.2, 0.25) is 0 Å². The van der Waals surface area contributed by atoms with Crippen LogP contribution in [0.5, 0.6) is 5.75 Å². The van der Waals surface area contributed by atoms with E-state index in [1.54, 1.807) is 0 Å². The summed E-state index contributed by atoms with van der Waals surface area (Å²) in [6.07, 6.45) is -6.89. The molecule has 4 aliphatic rings. The zero-order valence-electron chi connectivity index (χ0n) is 17.7. The number of amides is 1. The Morgan fingerprint density at radius 1 is 0.969 bits per heavy atom. The van der Waals surface area contributed by atoms with Crippen molar-refractivity contribution < 1.29 is 35.9 Å². The molecule has 4 aliphatic carbocycles. The summed E-state index contributed by atoms with van der Waals surface area (Å²) in [6.45, 7) is 0. The fourth-order valence-corrected chi connectivity index (χ4v) is 6.71. The van der Waals surface area contributed by atoms with E-state index in [4.69, 9.17) is 4.74 Å². The second-order valence-electron chi connectivity index (χ2n) is 9.91. The number of rotatable bonds is 6. The van der Waals surface area contributed by atoms with Crippen LogP contribution in [0.25, 0.3) is 0 Å². The lowest BCUT2D eigenvalue weighted by molar-refractivity contribution is -0.219. The zero-order chi connectivity index (χ0) is 23.3. The van der Waals surface area contributed by atoms with Crippen molar-refractivity contribution in [1.82, 2.24) is 5.32 Å². The maximum Gasteiger partial charge on any atom is 0.409 e. The van der Waals surface area contributed by atoms with E-state index in [-0.39, 0.29) is 23.3 Å². The van der Waals surface area contributed by atoms with E-state index in [0.717, 1.165) is 19.3 Å². The van der Waals surface area contributed by atoms with Gasteiger partial charge in [0.15, 0.2) is 0 Å². The van der Waals surface area contributed by atoms with Gasteiger partial charge in [0.1, 0.15) is 17.7 Å². The molecule has 0 heterocycles. The third-order valence-corrected chi connectivity index (χ3v) is 7.62. The molecule has 2 unspecified atom stereocenters. The minimum atomic E-state index is -4.97. The summed E-state index contributed by atoms with van der Waals surface area (Å²) in [4.78, 5) is 12.7. The number of carbonyl (C=O) groups excluding carboxylic acids is 1. The first kappa shape index (κ1) is 23.2. The van der Waals surface area contributed by atoms with E-state index >= 15 is 0 Å². The van der Waals surface area contributed by atoms with E-state index < -0.39 is 42.1 Å². The maximum atomic E-state index is 14.2. The number of ether oxygens (including phenoxy) is 1. The molecule has 4 fully saturated rings. The first-order chi connectivity index (χ1) is 14.9. The largest absolute Gasteiger partial charge is 0.497 e. The number of carbonyl (C=O) groups is 1. The predicted molar refractivity (Wildman–Crippen MR) is 105 cm³/mol. The maximum absolute atomic E-state index is 14.2. The van der Waals surface area contributed by atoms with Crippen molar-refractivity contribution in [2.75, 3.05) is 7.11 Å². The van der Waals surface area contributed by atoms with E-state index in [2.05, 4.69) is 0 Å². The van der Waals surface area contributed by atoms with Gasteiger partial charge in [-0.3, -0.25) is 4.79 Å². The Balaban J connectivity index is 1.57. The first-order valence-corrected chi connectivity index (χ1v) is 11.0. The molecule has 4 saturated carbocycles. The van der Waals surface area contributed by atoms with Crippen molar-refractivity contribution in [1.29, 1.82) is 0 Å². The Bertz CT molecular complexity index is 797. The molecular formula is C23H27F6NO2. The highest BCUT2D eigenvalue weighted by Gasteiger charge is 2.62. The Hall–Kier alpha value is -1.93. The van der Waals surface area contributed by atoms with Gasteiger partial charge in [-0.2, -0.15) is 26.3 Å². The van der Waals surface area contributed by atoms with Crippen molar-refractivity contribution in [3.05, 3.63) is 29.8 Å². The smallest absolute Gasteiger partial charge is 0.409 e. The number of benzene rings is 1. The molecule has 0 spiro atoms. The molecule has 1 N–H and O–H groups in total. The van der Waals surface area contributed by atoms with Crippen LogP contribution in [-0.4, -0.2) is 31.4 Å². The lowest BCUT2D eigenvalue weighted by atomic mass is 9.47. The van der Waals surface area contributed by atoms with Crippen molar-refractivity contribution in [2.45, 2.75) is 63.3 Å². The molecular weight excluding hydrogens is 436 g/mol. The highest BCUT2D eigenvalue weighted by Crippen LogP contribution is 2.63. The second-order valence-corrected chi connectivity index (χ2v) is 9.91. The van der Waals surface area contributed by atoms with Crippen LogP contribution in [0.4, 0.5) is 26.3 Å². The van der Waals surface area contributed by atoms with Crippen molar-refractivity contribution >= 4 is 5.91 Å². The molecule has 0 saturated heterocycles. The fourth-order valence-electron chi connectivity index (χ4n) is 6.71. The molecule has 0 aromatic heterocycles. The third kappa shape index (κ3) is 4.57. The van der Waals surface area contributed by atoms with Crippen molar-refractivity contribution in [2.24, 2.45) is 29.1 Å².